The van der Waals surface area contributed by atoms with Gasteiger partial charge in [-0.15, -0.1) is 0 Å². The van der Waals surface area contributed by atoms with Crippen LogP contribution in [0.15, 0.2) is 30.5 Å². The topological polar surface area (TPSA) is 126 Å². The first kappa shape index (κ1) is 30.2. The van der Waals surface area contributed by atoms with Gasteiger partial charge < -0.3 is 24.8 Å². The molecular formula is C28H34F3N9O3. The predicted octanol–water partition coefficient (Wildman–Crippen LogP) is 5.13. The third-order valence-corrected chi connectivity index (χ3v) is 7.75. The Kier molecular flexibility index (Phi) is 8.27. The lowest BCUT2D eigenvalue weighted by Crippen LogP contribution is -2.30. The third-order valence-electron chi connectivity index (χ3n) is 7.75. The first-order valence-electron chi connectivity index (χ1n) is 14.0. The molecule has 1 N–H and O–H groups in total. The maximum atomic E-state index is 13.1. The highest BCUT2D eigenvalue weighted by atomic mass is 19.4. The van der Waals surface area contributed by atoms with Gasteiger partial charge in [0.25, 0.3) is 0 Å². The summed E-state index contributed by atoms with van der Waals surface area (Å²) in [6.07, 6.45) is 1.15. The normalized spacial score (nSPS) is 15.7. The molecule has 0 bridgehead atoms. The smallest absolute Gasteiger partial charge is 0.422 e. The molecule has 1 spiro atoms. The summed E-state index contributed by atoms with van der Waals surface area (Å²) >= 11 is 0. The van der Waals surface area contributed by atoms with E-state index in [4.69, 9.17) is 9.72 Å². The number of pyridine rings is 2. The van der Waals surface area contributed by atoms with Crippen molar-refractivity contribution < 1.29 is 22.8 Å². The molecule has 3 aromatic heterocycles. The number of nitrogens with one attached hydrogen (secondary N) is 1. The van der Waals surface area contributed by atoms with Gasteiger partial charge in [0.05, 0.1) is 16.3 Å². The largest absolute Gasteiger partial charge is 0.466 e. The Balaban J connectivity index is 1.50. The number of aryl methyl sites for hydroxylation is 1. The molecule has 4 heterocycles. The molecule has 0 unspecified atom stereocenters. The Morgan fingerprint density at radius 1 is 1.12 bits per heavy atom. The van der Waals surface area contributed by atoms with Crippen LogP contribution in [0.4, 0.5) is 47.8 Å². The van der Waals surface area contributed by atoms with Crippen molar-refractivity contribution in [2.75, 3.05) is 62.5 Å². The van der Waals surface area contributed by atoms with Crippen LogP contribution in [-0.4, -0.2) is 83.3 Å². The Hall–Kier alpha value is -4.27. The minimum absolute atomic E-state index is 0.0214. The quantitative estimate of drug-likeness (QED) is 0.246. The zero-order chi connectivity index (χ0) is 30.9. The first-order chi connectivity index (χ1) is 20.3. The molecule has 0 saturated heterocycles. The molecule has 43 heavy (non-hydrogen) atoms. The van der Waals surface area contributed by atoms with Crippen molar-refractivity contribution in [1.29, 1.82) is 0 Å². The monoisotopic (exact) mass is 601 g/mol. The Labute approximate surface area is 247 Å². The number of rotatable bonds is 10. The number of nitro groups is 1. The van der Waals surface area contributed by atoms with E-state index in [-0.39, 0.29) is 22.9 Å². The molecule has 1 aliphatic carbocycles. The summed E-state index contributed by atoms with van der Waals surface area (Å²) in [5.41, 5.74) is 2.30. The van der Waals surface area contributed by atoms with Crippen molar-refractivity contribution in [2.24, 2.45) is 0 Å². The van der Waals surface area contributed by atoms with Crippen molar-refractivity contribution in [2.45, 2.75) is 44.2 Å². The van der Waals surface area contributed by atoms with Gasteiger partial charge in [-0.2, -0.15) is 23.1 Å². The highest BCUT2D eigenvalue weighted by molar-refractivity contribution is 5.73. The van der Waals surface area contributed by atoms with Gasteiger partial charge in [0.15, 0.2) is 6.61 Å². The molecule has 0 aromatic carbocycles. The number of nitrogens with zero attached hydrogens (tertiary/aromatic N) is 8. The lowest BCUT2D eigenvalue weighted by molar-refractivity contribution is -0.384. The van der Waals surface area contributed by atoms with Gasteiger partial charge in [0, 0.05) is 50.1 Å². The molecule has 3 aromatic rings. The number of aromatic nitrogens is 4. The fraction of sp³-hybridized carbons (Fsp3) is 0.500. The number of alkyl halides is 3. The first-order valence-corrected chi connectivity index (χ1v) is 14.0. The number of halogens is 3. The average Bonchev–Trinajstić information content (AvgIpc) is 3.55. The summed E-state index contributed by atoms with van der Waals surface area (Å²) in [6.45, 7) is 1.90. The number of anilines is 5. The van der Waals surface area contributed by atoms with Crippen LogP contribution in [0.25, 0.3) is 0 Å². The van der Waals surface area contributed by atoms with Crippen molar-refractivity contribution in [3.63, 3.8) is 0 Å². The minimum atomic E-state index is -4.65. The van der Waals surface area contributed by atoms with Crippen molar-refractivity contribution in [1.82, 2.24) is 24.8 Å². The van der Waals surface area contributed by atoms with Crippen molar-refractivity contribution in [3.8, 4) is 5.88 Å². The molecule has 2 aliphatic rings. The maximum absolute atomic E-state index is 13.1. The highest BCUT2D eigenvalue weighted by Gasteiger charge is 2.46. The predicted molar refractivity (Wildman–Crippen MR) is 156 cm³/mol. The Morgan fingerprint density at radius 3 is 2.53 bits per heavy atom. The SMILES string of the molecule is Cc1ccc2c(n1)C1(CCCC1)CN2c1ccnc(Nc2cc([N+](=O)[O-])c(N(C)CCN(C)C)nc2OCC(F)(F)F)n1. The van der Waals surface area contributed by atoms with E-state index in [9.17, 15) is 23.3 Å². The van der Waals surface area contributed by atoms with E-state index in [1.807, 2.05) is 38.1 Å². The van der Waals surface area contributed by atoms with Crippen LogP contribution < -0.4 is 19.9 Å². The zero-order valence-corrected chi connectivity index (χ0v) is 24.5. The molecule has 15 heteroatoms. The van der Waals surface area contributed by atoms with Gasteiger partial charge in [-0.05, 0) is 52.1 Å². The van der Waals surface area contributed by atoms with Crippen molar-refractivity contribution in [3.05, 3.63) is 52.0 Å². The Bertz CT molecular complexity index is 1500. The van der Waals surface area contributed by atoms with Crippen LogP contribution in [0.1, 0.15) is 37.1 Å². The van der Waals surface area contributed by atoms with Crippen LogP contribution in [0, 0.1) is 17.0 Å². The van der Waals surface area contributed by atoms with E-state index in [2.05, 4.69) is 25.2 Å². The molecule has 5 rings (SSSR count). The third kappa shape index (κ3) is 6.55. The Morgan fingerprint density at radius 2 is 1.86 bits per heavy atom. The molecule has 12 nitrogen and oxygen atoms in total. The van der Waals surface area contributed by atoms with E-state index in [0.29, 0.717) is 25.5 Å². The zero-order valence-electron chi connectivity index (χ0n) is 24.5. The van der Waals surface area contributed by atoms with Gasteiger partial charge in [-0.3, -0.25) is 15.1 Å². The summed E-state index contributed by atoms with van der Waals surface area (Å²) in [6, 6.07) is 6.82. The van der Waals surface area contributed by atoms with E-state index in [1.165, 1.54) is 11.1 Å². The molecule has 230 valence electrons. The van der Waals surface area contributed by atoms with Gasteiger partial charge in [0.1, 0.15) is 11.5 Å². The van der Waals surface area contributed by atoms with Crippen LogP contribution in [0.3, 0.4) is 0 Å². The molecule has 0 atom stereocenters. The number of ether oxygens (including phenoxy) is 1. The van der Waals surface area contributed by atoms with Gasteiger partial charge in [-0.1, -0.05) is 12.8 Å². The highest BCUT2D eigenvalue weighted by Crippen LogP contribution is 2.51. The molecule has 1 aliphatic heterocycles. The van der Waals surface area contributed by atoms with Gasteiger partial charge in [-0.25, -0.2) is 4.98 Å². The van der Waals surface area contributed by atoms with Crippen molar-refractivity contribution >= 4 is 34.6 Å². The number of likely N-dealkylation sites (N-methyl/N-ethyl adjacent to an activating group) is 2. The summed E-state index contributed by atoms with van der Waals surface area (Å²) in [5.74, 6) is 0.00361. The average molecular weight is 602 g/mol. The maximum Gasteiger partial charge on any atom is 0.422 e. The molecular weight excluding hydrogens is 567 g/mol. The molecule has 1 saturated carbocycles. The molecule has 0 amide bonds. The number of hydrogen-bond acceptors (Lipinski definition) is 11. The van der Waals surface area contributed by atoms with Crippen LogP contribution in [-0.2, 0) is 5.41 Å². The standard InChI is InChI=1S/C28H34F3N9O3/c1-18-7-8-20-23(33-18)27(10-5-6-11-27)16-39(20)22-9-12-32-26(35-22)34-19-15-21(40(41)42)24(38(4)14-13-37(2)3)36-25(19)43-17-28(29,30)31/h7-9,12,15H,5-6,10-11,13-14,16-17H2,1-4H3,(H,32,34,35). The fourth-order valence-corrected chi connectivity index (χ4v) is 5.65. The molecule has 1 fully saturated rings. The van der Waals surface area contributed by atoms with E-state index >= 15 is 0 Å². The second kappa shape index (κ2) is 11.8. The minimum Gasteiger partial charge on any atom is -0.466 e. The van der Waals surface area contributed by atoms with Gasteiger partial charge >= 0.3 is 11.9 Å². The summed E-state index contributed by atoms with van der Waals surface area (Å²) in [5, 5.41) is 14.9. The van der Waals surface area contributed by atoms with E-state index in [0.717, 1.165) is 48.8 Å². The lowest BCUT2D eigenvalue weighted by Gasteiger charge is -2.24. The van der Waals surface area contributed by atoms with E-state index < -0.39 is 29.3 Å². The summed E-state index contributed by atoms with van der Waals surface area (Å²) in [4.78, 5) is 34.8. The fourth-order valence-electron chi connectivity index (χ4n) is 5.65. The van der Waals surface area contributed by atoms with Crippen LogP contribution >= 0.6 is 0 Å². The lowest BCUT2D eigenvalue weighted by atomic mass is 9.84. The number of hydrogen-bond donors (Lipinski definition) is 1. The second-order valence-corrected chi connectivity index (χ2v) is 11.3. The van der Waals surface area contributed by atoms with E-state index in [1.54, 1.807) is 13.1 Å². The second-order valence-electron chi connectivity index (χ2n) is 11.3. The molecule has 0 radical (unpaired) electrons. The van der Waals surface area contributed by atoms with Gasteiger partial charge in [0.2, 0.25) is 17.6 Å². The van der Waals surface area contributed by atoms with Crippen LogP contribution in [0.5, 0.6) is 5.88 Å². The van der Waals surface area contributed by atoms with Crippen LogP contribution in [0.2, 0.25) is 0 Å². The summed E-state index contributed by atoms with van der Waals surface area (Å²) in [7, 11) is 5.24. The number of fused-ring (bicyclic) bond motifs is 2. The summed E-state index contributed by atoms with van der Waals surface area (Å²) < 4.78 is 44.5.